The van der Waals surface area contributed by atoms with Crippen molar-refractivity contribution < 1.29 is 12.8 Å². The third-order valence-corrected chi connectivity index (χ3v) is 5.85. The van der Waals surface area contributed by atoms with Crippen molar-refractivity contribution in [2.24, 2.45) is 0 Å². The quantitative estimate of drug-likeness (QED) is 0.750. The molecule has 1 N–H and O–H groups in total. The van der Waals surface area contributed by atoms with Crippen molar-refractivity contribution in [2.75, 3.05) is 6.54 Å². The SMILES string of the molecule is CCCC(NCC)C(CC)S(=O)(=O)c1ccc(F)cc1. The molecule has 1 rings (SSSR count). The fourth-order valence-electron chi connectivity index (χ4n) is 2.51. The van der Waals surface area contributed by atoms with Crippen LogP contribution in [0.25, 0.3) is 0 Å². The number of sulfone groups is 1. The fourth-order valence-corrected chi connectivity index (χ4v) is 4.48. The molecule has 0 fully saturated rings. The van der Waals surface area contributed by atoms with Gasteiger partial charge < -0.3 is 5.32 Å². The molecule has 3 nitrogen and oxygen atoms in total. The predicted molar refractivity (Wildman–Crippen MR) is 80.0 cm³/mol. The monoisotopic (exact) mass is 301 g/mol. The Labute approximate surface area is 121 Å². The number of hydrogen-bond acceptors (Lipinski definition) is 3. The van der Waals surface area contributed by atoms with Crippen LogP contribution in [0.3, 0.4) is 0 Å². The van der Waals surface area contributed by atoms with Crippen LogP contribution in [0.1, 0.15) is 40.0 Å². The van der Waals surface area contributed by atoms with E-state index in [9.17, 15) is 12.8 Å². The number of benzene rings is 1. The van der Waals surface area contributed by atoms with Gasteiger partial charge >= 0.3 is 0 Å². The first-order valence-corrected chi connectivity index (χ1v) is 8.74. The van der Waals surface area contributed by atoms with Gasteiger partial charge in [-0.1, -0.05) is 27.2 Å². The molecular formula is C15H24FNO2S. The smallest absolute Gasteiger partial charge is 0.182 e. The molecule has 1 aromatic carbocycles. The highest BCUT2D eigenvalue weighted by Crippen LogP contribution is 2.23. The highest BCUT2D eigenvalue weighted by atomic mass is 32.2. The summed E-state index contributed by atoms with van der Waals surface area (Å²) in [4.78, 5) is 0.199. The van der Waals surface area contributed by atoms with Crippen molar-refractivity contribution in [3.63, 3.8) is 0 Å². The lowest BCUT2D eigenvalue weighted by Gasteiger charge is -2.26. The van der Waals surface area contributed by atoms with Crippen molar-refractivity contribution in [3.8, 4) is 0 Å². The average molecular weight is 301 g/mol. The molecule has 0 aliphatic rings. The maximum atomic E-state index is 13.0. The molecule has 2 unspecified atom stereocenters. The summed E-state index contributed by atoms with van der Waals surface area (Å²) in [6, 6.07) is 5.03. The van der Waals surface area contributed by atoms with Gasteiger partial charge in [0.25, 0.3) is 0 Å². The van der Waals surface area contributed by atoms with Gasteiger partial charge in [-0.15, -0.1) is 0 Å². The number of halogens is 1. The van der Waals surface area contributed by atoms with Crippen LogP contribution in [0.4, 0.5) is 4.39 Å². The molecule has 0 radical (unpaired) electrons. The number of hydrogen-bond donors (Lipinski definition) is 1. The second-order valence-electron chi connectivity index (χ2n) is 4.90. The van der Waals surface area contributed by atoms with Crippen molar-refractivity contribution in [2.45, 2.75) is 56.2 Å². The van der Waals surface area contributed by atoms with Gasteiger partial charge in [0.15, 0.2) is 9.84 Å². The molecule has 0 saturated carbocycles. The molecule has 1 aromatic rings. The fraction of sp³-hybridized carbons (Fsp3) is 0.600. The summed E-state index contributed by atoms with van der Waals surface area (Å²) in [5.41, 5.74) is 0. The summed E-state index contributed by atoms with van der Waals surface area (Å²) in [7, 11) is -3.44. The number of rotatable bonds is 8. The first-order chi connectivity index (χ1) is 9.47. The van der Waals surface area contributed by atoms with Crippen LogP contribution in [0, 0.1) is 5.82 Å². The minimum Gasteiger partial charge on any atom is -0.313 e. The molecule has 0 heterocycles. The zero-order valence-electron chi connectivity index (χ0n) is 12.4. The van der Waals surface area contributed by atoms with Gasteiger partial charge in [-0.25, -0.2) is 12.8 Å². The lowest BCUT2D eigenvalue weighted by atomic mass is 10.1. The van der Waals surface area contributed by atoms with Crippen LogP contribution in [0.5, 0.6) is 0 Å². The minimum absolute atomic E-state index is 0.0648. The maximum Gasteiger partial charge on any atom is 0.182 e. The van der Waals surface area contributed by atoms with E-state index in [-0.39, 0.29) is 10.9 Å². The molecule has 20 heavy (non-hydrogen) atoms. The van der Waals surface area contributed by atoms with E-state index >= 15 is 0 Å². The van der Waals surface area contributed by atoms with Crippen molar-refractivity contribution in [1.82, 2.24) is 5.32 Å². The summed E-state index contributed by atoms with van der Waals surface area (Å²) in [5, 5.41) is 2.79. The predicted octanol–water partition coefficient (Wildman–Crippen LogP) is 3.16. The molecule has 0 amide bonds. The Morgan fingerprint density at radius 3 is 2.20 bits per heavy atom. The van der Waals surface area contributed by atoms with Gasteiger partial charge in [0.2, 0.25) is 0 Å². The normalized spacial score (nSPS) is 15.0. The van der Waals surface area contributed by atoms with E-state index in [2.05, 4.69) is 5.32 Å². The van der Waals surface area contributed by atoms with E-state index in [1.807, 2.05) is 20.8 Å². The molecule has 5 heteroatoms. The highest BCUT2D eigenvalue weighted by molar-refractivity contribution is 7.92. The minimum atomic E-state index is -3.44. The molecule has 114 valence electrons. The van der Waals surface area contributed by atoms with Crippen LogP contribution < -0.4 is 5.32 Å². The zero-order chi connectivity index (χ0) is 15.2. The third kappa shape index (κ3) is 4.03. The summed E-state index contributed by atoms with van der Waals surface area (Å²) >= 11 is 0. The van der Waals surface area contributed by atoms with Gasteiger partial charge in [-0.3, -0.25) is 0 Å². The largest absolute Gasteiger partial charge is 0.313 e. The van der Waals surface area contributed by atoms with Crippen LogP contribution in [-0.4, -0.2) is 26.3 Å². The number of nitrogens with one attached hydrogen (secondary N) is 1. The molecule has 0 saturated heterocycles. The van der Waals surface area contributed by atoms with Gasteiger partial charge in [0, 0.05) is 6.04 Å². The van der Waals surface area contributed by atoms with Gasteiger partial charge in [0.05, 0.1) is 10.1 Å². The molecule has 0 bridgehead atoms. The topological polar surface area (TPSA) is 46.2 Å². The van der Waals surface area contributed by atoms with Crippen molar-refractivity contribution in [3.05, 3.63) is 30.1 Å². The van der Waals surface area contributed by atoms with Crippen LogP contribution in [0.15, 0.2) is 29.2 Å². The molecule has 2 atom stereocenters. The summed E-state index contributed by atoms with van der Waals surface area (Å²) < 4.78 is 38.4. The summed E-state index contributed by atoms with van der Waals surface area (Å²) in [6.45, 7) is 6.63. The standard InChI is InChI=1S/C15H24FNO2S/c1-4-7-14(17-6-3)15(5-2)20(18,19)13-10-8-12(16)9-11-13/h8-11,14-15,17H,4-7H2,1-3H3. The zero-order valence-corrected chi connectivity index (χ0v) is 13.2. The summed E-state index contributed by atoms with van der Waals surface area (Å²) in [6.07, 6.45) is 2.28. The summed E-state index contributed by atoms with van der Waals surface area (Å²) in [5.74, 6) is -0.422. The highest BCUT2D eigenvalue weighted by Gasteiger charge is 2.32. The molecule has 0 spiro atoms. The van der Waals surface area contributed by atoms with Crippen LogP contribution >= 0.6 is 0 Å². The van der Waals surface area contributed by atoms with E-state index in [1.54, 1.807) is 0 Å². The first kappa shape index (κ1) is 17.1. The first-order valence-electron chi connectivity index (χ1n) is 7.20. The molecule has 0 aliphatic heterocycles. The van der Waals surface area contributed by atoms with Crippen LogP contribution in [-0.2, 0) is 9.84 Å². The van der Waals surface area contributed by atoms with E-state index in [1.165, 1.54) is 24.3 Å². The Morgan fingerprint density at radius 2 is 1.75 bits per heavy atom. The second kappa shape index (κ2) is 7.74. The lowest BCUT2D eigenvalue weighted by Crippen LogP contribution is -2.43. The van der Waals surface area contributed by atoms with E-state index in [0.717, 1.165) is 19.4 Å². The van der Waals surface area contributed by atoms with Crippen molar-refractivity contribution >= 4 is 9.84 Å². The van der Waals surface area contributed by atoms with E-state index in [4.69, 9.17) is 0 Å². The van der Waals surface area contributed by atoms with Crippen LogP contribution in [0.2, 0.25) is 0 Å². The maximum absolute atomic E-state index is 13.0. The molecule has 0 aliphatic carbocycles. The lowest BCUT2D eigenvalue weighted by molar-refractivity contribution is 0.445. The third-order valence-electron chi connectivity index (χ3n) is 3.46. The van der Waals surface area contributed by atoms with E-state index < -0.39 is 20.9 Å². The average Bonchev–Trinajstić information content (AvgIpc) is 2.40. The Morgan fingerprint density at radius 1 is 1.15 bits per heavy atom. The Kier molecular flexibility index (Phi) is 6.62. The van der Waals surface area contributed by atoms with Crippen molar-refractivity contribution in [1.29, 1.82) is 0 Å². The van der Waals surface area contributed by atoms with E-state index in [0.29, 0.717) is 6.42 Å². The van der Waals surface area contributed by atoms with Gasteiger partial charge in [-0.05, 0) is 43.7 Å². The molecule has 0 aromatic heterocycles. The second-order valence-corrected chi connectivity index (χ2v) is 7.07. The Hall–Kier alpha value is -0.940. The van der Waals surface area contributed by atoms with Gasteiger partial charge in [0.1, 0.15) is 5.82 Å². The molecular weight excluding hydrogens is 277 g/mol. The van der Waals surface area contributed by atoms with Gasteiger partial charge in [-0.2, -0.15) is 0 Å². The Bertz CT molecular complexity index is 493. The Balaban J connectivity index is 3.10.